The molecule has 0 unspecified atom stereocenters. The fourth-order valence-electron chi connectivity index (χ4n) is 3.69. The van der Waals surface area contributed by atoms with Gasteiger partial charge in [0.1, 0.15) is 28.7 Å². The molecule has 2 amide bonds. The van der Waals surface area contributed by atoms with Gasteiger partial charge in [-0.15, -0.1) is 0 Å². The van der Waals surface area contributed by atoms with Crippen LogP contribution in [-0.4, -0.2) is 39.9 Å². The van der Waals surface area contributed by atoms with Gasteiger partial charge < -0.3 is 14.7 Å². The van der Waals surface area contributed by atoms with E-state index in [-0.39, 0.29) is 45.3 Å². The molecule has 0 radical (unpaired) electrons. The minimum Gasteiger partial charge on any atom is -0.360 e. The minimum atomic E-state index is -0.584. The quantitative estimate of drug-likeness (QED) is 0.649. The molecule has 0 saturated carbocycles. The number of aromatic nitrogens is 2. The number of nitrogens with one attached hydrogen (secondary N) is 1. The van der Waals surface area contributed by atoms with Crippen LogP contribution in [-0.2, 0) is 4.79 Å². The van der Waals surface area contributed by atoms with Crippen LogP contribution in [0, 0.1) is 18.7 Å². The third-order valence-electron chi connectivity index (χ3n) is 5.35. The molecule has 0 aliphatic carbocycles. The first-order valence-corrected chi connectivity index (χ1v) is 10.3. The predicted octanol–water partition coefficient (Wildman–Crippen LogP) is 4.33. The summed E-state index contributed by atoms with van der Waals surface area (Å²) in [5.74, 6) is -0.468. The average molecular weight is 443 g/mol. The molecule has 0 bridgehead atoms. The summed E-state index contributed by atoms with van der Waals surface area (Å²) in [6.07, 6.45) is 2.62. The van der Waals surface area contributed by atoms with Gasteiger partial charge >= 0.3 is 0 Å². The number of likely N-dealkylation sites (tertiary alicyclic amines) is 1. The summed E-state index contributed by atoms with van der Waals surface area (Å²) in [7, 11) is 0. The van der Waals surface area contributed by atoms with E-state index in [1.54, 1.807) is 36.2 Å². The highest BCUT2D eigenvalue weighted by Crippen LogP contribution is 2.34. The number of anilines is 1. The Morgan fingerprint density at radius 2 is 1.97 bits per heavy atom. The number of carbonyl (C=O) groups is 2. The lowest BCUT2D eigenvalue weighted by Crippen LogP contribution is -2.41. The largest absolute Gasteiger partial charge is 0.360 e. The Balaban J connectivity index is 1.47. The number of carbonyl (C=O) groups excluding carboxylic acids is 2. The standard InChI is InChI=1S/C22H20ClFN4O3/c1-13-18(20(27-31-13)19-15(23)5-4-6-16(19)24)22(30)28-11-8-14(9-12-28)21(29)26-17-7-2-3-10-25-17/h2-7,10,14H,8-9,11-12H2,1H3,(H,25,26,29). The smallest absolute Gasteiger partial charge is 0.259 e. The van der Waals surface area contributed by atoms with Crippen molar-refractivity contribution in [3.05, 3.63) is 64.8 Å². The molecule has 160 valence electrons. The molecular formula is C22H20ClFN4O3. The predicted molar refractivity (Wildman–Crippen MR) is 113 cm³/mol. The molecule has 2 aromatic heterocycles. The minimum absolute atomic E-state index is 0.0361. The second-order valence-corrected chi connectivity index (χ2v) is 7.74. The number of nitrogens with zero attached hydrogens (tertiary/aromatic N) is 3. The van der Waals surface area contributed by atoms with Crippen molar-refractivity contribution in [2.24, 2.45) is 5.92 Å². The number of hydrogen-bond donors (Lipinski definition) is 1. The van der Waals surface area contributed by atoms with Gasteiger partial charge in [-0.3, -0.25) is 9.59 Å². The Bertz CT molecular complexity index is 1090. The Hall–Kier alpha value is -3.26. The Morgan fingerprint density at radius 3 is 2.65 bits per heavy atom. The van der Waals surface area contributed by atoms with Crippen LogP contribution < -0.4 is 5.32 Å². The van der Waals surface area contributed by atoms with Crippen molar-refractivity contribution in [1.82, 2.24) is 15.0 Å². The topological polar surface area (TPSA) is 88.3 Å². The third-order valence-corrected chi connectivity index (χ3v) is 5.66. The molecule has 1 fully saturated rings. The first kappa shape index (κ1) is 21.0. The number of amides is 2. The zero-order valence-corrected chi connectivity index (χ0v) is 17.5. The van der Waals surface area contributed by atoms with E-state index < -0.39 is 5.82 Å². The van der Waals surface area contributed by atoms with E-state index in [9.17, 15) is 14.0 Å². The van der Waals surface area contributed by atoms with Gasteiger partial charge in [0.05, 0.1) is 10.6 Å². The second-order valence-electron chi connectivity index (χ2n) is 7.33. The van der Waals surface area contributed by atoms with Crippen LogP contribution in [0.2, 0.25) is 5.02 Å². The fraction of sp³-hybridized carbons (Fsp3) is 0.273. The molecule has 0 spiro atoms. The summed E-state index contributed by atoms with van der Waals surface area (Å²) in [5.41, 5.74) is 0.304. The molecule has 1 aliphatic heterocycles. The van der Waals surface area contributed by atoms with E-state index in [0.717, 1.165) is 0 Å². The number of benzene rings is 1. The van der Waals surface area contributed by atoms with Crippen molar-refractivity contribution in [1.29, 1.82) is 0 Å². The summed E-state index contributed by atoms with van der Waals surface area (Å²) < 4.78 is 19.6. The summed E-state index contributed by atoms with van der Waals surface area (Å²) in [6.45, 7) is 2.37. The number of pyridine rings is 1. The second kappa shape index (κ2) is 8.85. The van der Waals surface area contributed by atoms with Gasteiger partial charge in [-0.25, -0.2) is 9.37 Å². The molecule has 1 saturated heterocycles. The van der Waals surface area contributed by atoms with Gasteiger partial charge in [0.2, 0.25) is 5.91 Å². The highest BCUT2D eigenvalue weighted by Gasteiger charge is 2.32. The van der Waals surface area contributed by atoms with Gasteiger partial charge in [-0.1, -0.05) is 28.9 Å². The van der Waals surface area contributed by atoms with Crippen LogP contribution in [0.1, 0.15) is 29.0 Å². The van der Waals surface area contributed by atoms with Crippen LogP contribution in [0.25, 0.3) is 11.3 Å². The van der Waals surface area contributed by atoms with Crippen LogP contribution in [0.3, 0.4) is 0 Å². The normalized spacial score (nSPS) is 14.5. The van der Waals surface area contributed by atoms with Crippen molar-refractivity contribution >= 4 is 29.2 Å². The number of aryl methyl sites for hydroxylation is 1. The summed E-state index contributed by atoms with van der Waals surface area (Å²) in [6, 6.07) is 9.56. The number of piperidine rings is 1. The molecule has 3 heterocycles. The molecule has 1 aromatic carbocycles. The first-order chi connectivity index (χ1) is 15.0. The van der Waals surface area contributed by atoms with Crippen LogP contribution >= 0.6 is 11.6 Å². The Labute approximate surface area is 183 Å². The number of rotatable bonds is 4. The zero-order chi connectivity index (χ0) is 22.0. The SMILES string of the molecule is Cc1onc(-c2c(F)cccc2Cl)c1C(=O)N1CCC(C(=O)Nc2ccccn2)CC1. The van der Waals surface area contributed by atoms with E-state index in [1.807, 2.05) is 0 Å². The van der Waals surface area contributed by atoms with Crippen molar-refractivity contribution in [2.75, 3.05) is 18.4 Å². The van der Waals surface area contributed by atoms with Gasteiger partial charge in [-0.2, -0.15) is 0 Å². The highest BCUT2D eigenvalue weighted by molar-refractivity contribution is 6.33. The Kier molecular flexibility index (Phi) is 5.99. The molecule has 9 heteroatoms. The van der Waals surface area contributed by atoms with Gasteiger partial charge in [0, 0.05) is 25.2 Å². The average Bonchev–Trinajstić information content (AvgIpc) is 3.15. The Morgan fingerprint density at radius 1 is 1.19 bits per heavy atom. The third kappa shape index (κ3) is 4.29. The molecule has 7 nitrogen and oxygen atoms in total. The molecule has 1 aliphatic rings. The lowest BCUT2D eigenvalue weighted by molar-refractivity contribution is -0.121. The monoisotopic (exact) mass is 442 g/mol. The van der Waals surface area contributed by atoms with Crippen LogP contribution in [0.5, 0.6) is 0 Å². The highest BCUT2D eigenvalue weighted by atomic mass is 35.5. The number of halogens is 2. The maximum absolute atomic E-state index is 14.4. The molecule has 4 rings (SSSR count). The summed E-state index contributed by atoms with van der Waals surface area (Å²) in [4.78, 5) is 31.4. The molecule has 0 atom stereocenters. The van der Waals surface area contributed by atoms with Crippen LogP contribution in [0.15, 0.2) is 47.1 Å². The maximum atomic E-state index is 14.4. The van der Waals surface area contributed by atoms with E-state index >= 15 is 0 Å². The van der Waals surface area contributed by atoms with Crippen LogP contribution in [0.4, 0.5) is 10.2 Å². The molecule has 31 heavy (non-hydrogen) atoms. The van der Waals surface area contributed by atoms with Gasteiger partial charge in [-0.05, 0) is 44.0 Å². The van der Waals surface area contributed by atoms with E-state index in [1.165, 1.54) is 18.2 Å². The molecule has 1 N–H and O–H groups in total. The zero-order valence-electron chi connectivity index (χ0n) is 16.8. The van der Waals surface area contributed by atoms with E-state index in [2.05, 4.69) is 15.5 Å². The lowest BCUT2D eigenvalue weighted by atomic mass is 9.95. The van der Waals surface area contributed by atoms with Gasteiger partial charge in [0.15, 0.2) is 0 Å². The van der Waals surface area contributed by atoms with Crippen molar-refractivity contribution in [3.8, 4) is 11.3 Å². The summed E-state index contributed by atoms with van der Waals surface area (Å²) >= 11 is 6.16. The fourth-order valence-corrected chi connectivity index (χ4v) is 3.94. The van der Waals surface area contributed by atoms with Crippen molar-refractivity contribution in [3.63, 3.8) is 0 Å². The van der Waals surface area contributed by atoms with E-state index in [4.69, 9.17) is 16.1 Å². The van der Waals surface area contributed by atoms with Crippen molar-refractivity contribution in [2.45, 2.75) is 19.8 Å². The summed E-state index contributed by atoms with van der Waals surface area (Å²) in [5, 5.41) is 6.84. The lowest BCUT2D eigenvalue weighted by Gasteiger charge is -2.31. The molecular weight excluding hydrogens is 423 g/mol. The van der Waals surface area contributed by atoms with E-state index in [0.29, 0.717) is 31.7 Å². The van der Waals surface area contributed by atoms with Crippen molar-refractivity contribution < 1.29 is 18.5 Å². The molecule has 3 aromatic rings. The first-order valence-electron chi connectivity index (χ1n) is 9.87. The number of hydrogen-bond acceptors (Lipinski definition) is 5. The van der Waals surface area contributed by atoms with Gasteiger partial charge in [0.25, 0.3) is 5.91 Å². The maximum Gasteiger partial charge on any atom is 0.259 e.